The molecule has 0 aliphatic carbocycles. The second kappa shape index (κ2) is 10.2. The molecule has 31 heavy (non-hydrogen) atoms. The molecule has 1 aliphatic heterocycles. The predicted molar refractivity (Wildman–Crippen MR) is 123 cm³/mol. The highest BCUT2D eigenvalue weighted by atomic mass is 16.5. The third-order valence-electron chi connectivity index (χ3n) is 5.79. The van der Waals surface area contributed by atoms with Crippen LogP contribution in [0.2, 0.25) is 0 Å². The van der Waals surface area contributed by atoms with Gasteiger partial charge in [-0.25, -0.2) is 0 Å². The van der Waals surface area contributed by atoms with Gasteiger partial charge in [-0.2, -0.15) is 5.10 Å². The Morgan fingerprint density at radius 2 is 2.00 bits per heavy atom. The van der Waals surface area contributed by atoms with Crippen molar-refractivity contribution in [3.63, 3.8) is 0 Å². The van der Waals surface area contributed by atoms with Crippen LogP contribution in [0.3, 0.4) is 0 Å². The summed E-state index contributed by atoms with van der Waals surface area (Å²) in [5, 5.41) is 10.9. The van der Waals surface area contributed by atoms with Gasteiger partial charge in [0.15, 0.2) is 5.82 Å². The Morgan fingerprint density at radius 3 is 2.77 bits per heavy atom. The minimum atomic E-state index is 0.142. The van der Waals surface area contributed by atoms with E-state index in [2.05, 4.69) is 38.6 Å². The number of carbonyl (C=O) groups excluding carboxylic acids is 1. The Bertz CT molecular complexity index is 969. The number of H-pyrrole nitrogens is 1. The Labute approximate surface area is 183 Å². The van der Waals surface area contributed by atoms with Gasteiger partial charge in [0, 0.05) is 31.6 Å². The quantitative estimate of drug-likeness (QED) is 0.575. The fourth-order valence-corrected chi connectivity index (χ4v) is 4.09. The van der Waals surface area contributed by atoms with E-state index in [9.17, 15) is 4.79 Å². The number of carbonyl (C=O) groups is 1. The number of amides is 1. The molecule has 1 amide bonds. The van der Waals surface area contributed by atoms with E-state index < -0.39 is 0 Å². The van der Waals surface area contributed by atoms with E-state index in [1.807, 2.05) is 42.5 Å². The average Bonchev–Trinajstić information content (AvgIpc) is 3.30. The molecule has 0 spiro atoms. The number of aromatic amines is 1. The summed E-state index contributed by atoms with van der Waals surface area (Å²) in [4.78, 5) is 14.7. The van der Waals surface area contributed by atoms with E-state index in [4.69, 9.17) is 4.74 Å². The summed E-state index contributed by atoms with van der Waals surface area (Å²) >= 11 is 0. The van der Waals surface area contributed by atoms with Crippen LogP contribution in [0.25, 0.3) is 11.3 Å². The number of nitrogens with one attached hydrogen (secondary N) is 2. The Kier molecular flexibility index (Phi) is 6.87. The van der Waals surface area contributed by atoms with Crippen LogP contribution in [0.5, 0.6) is 5.75 Å². The molecule has 6 heteroatoms. The number of methoxy groups -OCH3 is 1. The molecule has 1 aromatic heterocycles. The molecule has 0 saturated carbocycles. The number of hydrogen-bond donors (Lipinski definition) is 2. The zero-order chi connectivity index (χ0) is 21.5. The number of ether oxygens (including phenoxy) is 1. The molecule has 0 radical (unpaired) electrons. The monoisotopic (exact) mass is 418 g/mol. The second-order valence-corrected chi connectivity index (χ2v) is 8.06. The number of nitrogens with zero attached hydrogens (tertiary/aromatic N) is 2. The van der Waals surface area contributed by atoms with Gasteiger partial charge in [-0.15, -0.1) is 0 Å². The molecule has 2 N–H and O–H groups in total. The van der Waals surface area contributed by atoms with Crippen LogP contribution < -0.4 is 15.0 Å². The minimum Gasteiger partial charge on any atom is -0.497 e. The molecule has 4 rings (SSSR count). The van der Waals surface area contributed by atoms with Crippen molar-refractivity contribution in [2.45, 2.75) is 38.1 Å². The molecule has 6 nitrogen and oxygen atoms in total. The highest BCUT2D eigenvalue weighted by molar-refractivity contribution is 5.76. The molecular weight excluding hydrogens is 388 g/mol. The van der Waals surface area contributed by atoms with Crippen LogP contribution in [0.1, 0.15) is 31.2 Å². The summed E-state index contributed by atoms with van der Waals surface area (Å²) in [6.07, 6.45) is 4.43. The van der Waals surface area contributed by atoms with E-state index >= 15 is 0 Å². The van der Waals surface area contributed by atoms with Crippen molar-refractivity contribution >= 4 is 11.7 Å². The zero-order valence-corrected chi connectivity index (χ0v) is 18.0. The number of piperidine rings is 1. The molecule has 2 heterocycles. The molecule has 2 aromatic carbocycles. The van der Waals surface area contributed by atoms with E-state index in [1.54, 1.807) is 7.11 Å². The third-order valence-corrected chi connectivity index (χ3v) is 5.79. The number of hydrogen-bond acceptors (Lipinski definition) is 4. The maximum Gasteiger partial charge on any atom is 0.220 e. The van der Waals surface area contributed by atoms with Crippen LogP contribution in [-0.2, 0) is 11.2 Å². The lowest BCUT2D eigenvalue weighted by Crippen LogP contribution is -2.48. The topological polar surface area (TPSA) is 70.2 Å². The van der Waals surface area contributed by atoms with Crippen molar-refractivity contribution in [2.75, 3.05) is 25.1 Å². The summed E-state index contributed by atoms with van der Waals surface area (Å²) in [5.41, 5.74) is 3.33. The smallest absolute Gasteiger partial charge is 0.220 e. The van der Waals surface area contributed by atoms with Crippen molar-refractivity contribution in [2.24, 2.45) is 0 Å². The van der Waals surface area contributed by atoms with Gasteiger partial charge < -0.3 is 15.0 Å². The van der Waals surface area contributed by atoms with Crippen LogP contribution >= 0.6 is 0 Å². The van der Waals surface area contributed by atoms with Gasteiger partial charge in [-0.3, -0.25) is 9.89 Å². The van der Waals surface area contributed by atoms with E-state index in [0.717, 1.165) is 61.6 Å². The lowest BCUT2D eigenvalue weighted by atomic mass is 10.0. The first kappa shape index (κ1) is 21.0. The first-order valence-corrected chi connectivity index (χ1v) is 11.0. The van der Waals surface area contributed by atoms with Gasteiger partial charge in [-0.1, -0.05) is 30.3 Å². The highest BCUT2D eigenvalue weighted by Crippen LogP contribution is 2.25. The SMILES string of the molecule is COc1ccc(-c2cc(N3CCC[C@@H](NC(=O)CCCc4ccccc4)C3)n[nH]2)cc1. The van der Waals surface area contributed by atoms with Crippen molar-refractivity contribution in [1.82, 2.24) is 15.5 Å². The molecule has 162 valence electrons. The molecule has 1 saturated heterocycles. The van der Waals surface area contributed by atoms with Crippen LogP contribution in [-0.4, -0.2) is 42.3 Å². The van der Waals surface area contributed by atoms with Gasteiger partial charge >= 0.3 is 0 Å². The van der Waals surface area contributed by atoms with Crippen LogP contribution in [0, 0.1) is 0 Å². The molecule has 1 aliphatic rings. The zero-order valence-electron chi connectivity index (χ0n) is 18.0. The highest BCUT2D eigenvalue weighted by Gasteiger charge is 2.23. The Hall–Kier alpha value is -3.28. The van der Waals surface area contributed by atoms with E-state index in [0.29, 0.717) is 6.42 Å². The molecule has 1 fully saturated rings. The molecule has 3 aromatic rings. The normalized spacial score (nSPS) is 16.2. The van der Waals surface area contributed by atoms with Gasteiger partial charge in [-0.05, 0) is 61.1 Å². The maximum absolute atomic E-state index is 12.4. The number of aromatic nitrogens is 2. The number of benzene rings is 2. The fourth-order valence-electron chi connectivity index (χ4n) is 4.09. The van der Waals surface area contributed by atoms with Crippen molar-refractivity contribution in [3.05, 3.63) is 66.2 Å². The van der Waals surface area contributed by atoms with Gasteiger partial charge in [0.2, 0.25) is 5.91 Å². The third kappa shape index (κ3) is 5.66. The first-order chi connectivity index (χ1) is 15.2. The number of aryl methyl sites for hydroxylation is 1. The number of rotatable bonds is 8. The summed E-state index contributed by atoms with van der Waals surface area (Å²) < 4.78 is 5.23. The summed E-state index contributed by atoms with van der Waals surface area (Å²) in [6, 6.07) is 20.5. The van der Waals surface area contributed by atoms with E-state index in [1.165, 1.54) is 5.56 Å². The second-order valence-electron chi connectivity index (χ2n) is 8.06. The summed E-state index contributed by atoms with van der Waals surface area (Å²) in [6.45, 7) is 1.74. The van der Waals surface area contributed by atoms with Crippen molar-refractivity contribution in [3.8, 4) is 17.0 Å². The number of anilines is 1. The van der Waals surface area contributed by atoms with Crippen molar-refractivity contribution in [1.29, 1.82) is 0 Å². The molecule has 0 bridgehead atoms. The van der Waals surface area contributed by atoms with E-state index in [-0.39, 0.29) is 11.9 Å². The molecule has 1 atom stereocenters. The molecular formula is C25H30N4O2. The van der Waals surface area contributed by atoms with Gasteiger partial charge in [0.25, 0.3) is 0 Å². The summed E-state index contributed by atoms with van der Waals surface area (Å²) in [5.74, 6) is 1.90. The summed E-state index contributed by atoms with van der Waals surface area (Å²) in [7, 11) is 1.66. The van der Waals surface area contributed by atoms with Gasteiger partial charge in [0.1, 0.15) is 5.75 Å². The van der Waals surface area contributed by atoms with Crippen molar-refractivity contribution < 1.29 is 9.53 Å². The fraction of sp³-hybridized carbons (Fsp3) is 0.360. The average molecular weight is 419 g/mol. The minimum absolute atomic E-state index is 0.142. The lowest BCUT2D eigenvalue weighted by Gasteiger charge is -2.33. The Morgan fingerprint density at radius 1 is 1.19 bits per heavy atom. The van der Waals surface area contributed by atoms with Crippen LogP contribution in [0.15, 0.2) is 60.7 Å². The first-order valence-electron chi connectivity index (χ1n) is 11.0. The standard InChI is InChI=1S/C25H30N4O2/c1-31-22-14-12-20(13-15-22)23-17-24(28-27-23)29-16-6-10-21(18-29)26-25(30)11-5-9-19-7-3-2-4-8-19/h2-4,7-8,12-15,17,21H,5-6,9-11,16,18H2,1H3,(H,26,30)(H,27,28)/t21-/m1/s1. The maximum atomic E-state index is 12.4. The van der Waals surface area contributed by atoms with Gasteiger partial charge in [0.05, 0.1) is 12.8 Å². The lowest BCUT2D eigenvalue weighted by molar-refractivity contribution is -0.121. The largest absolute Gasteiger partial charge is 0.497 e. The predicted octanol–water partition coefficient (Wildman–Crippen LogP) is 4.19. The molecule has 0 unspecified atom stereocenters. The Balaban J connectivity index is 1.28. The van der Waals surface area contributed by atoms with Crippen LogP contribution in [0.4, 0.5) is 5.82 Å².